The van der Waals surface area contributed by atoms with Crippen molar-refractivity contribution in [1.82, 2.24) is 19.9 Å². The van der Waals surface area contributed by atoms with Gasteiger partial charge < -0.3 is 4.90 Å². The summed E-state index contributed by atoms with van der Waals surface area (Å²) in [6, 6.07) is 34.7. The summed E-state index contributed by atoms with van der Waals surface area (Å²) in [4.78, 5) is 17.5. The lowest BCUT2D eigenvalue weighted by Gasteiger charge is -2.29. The molecule has 0 amide bonds. The molecule has 1 aliphatic heterocycles. The van der Waals surface area contributed by atoms with Gasteiger partial charge in [-0.2, -0.15) is 0 Å². The lowest BCUT2D eigenvalue weighted by molar-refractivity contribution is -0.688. The van der Waals surface area contributed by atoms with Crippen molar-refractivity contribution in [2.24, 2.45) is 0 Å². The normalized spacial score (nSPS) is 14.0. The molecule has 3 aromatic heterocycles. The maximum Gasteiger partial charge on any atom is 0.173 e. The van der Waals surface area contributed by atoms with Crippen molar-refractivity contribution in [3.63, 3.8) is 0 Å². The van der Waals surface area contributed by atoms with E-state index >= 15 is 0 Å². The van der Waals surface area contributed by atoms with Crippen LogP contribution >= 0.6 is 47.8 Å². The summed E-state index contributed by atoms with van der Waals surface area (Å²) in [5.74, 6) is 1.96. The molecule has 0 aliphatic carbocycles. The predicted octanol–water partition coefficient (Wildman–Crippen LogP) is 9.36. The molecule has 0 fully saturated rings. The highest BCUT2D eigenvalue weighted by atomic mass is 79.9. The zero-order valence-corrected chi connectivity index (χ0v) is 33.7. The molecule has 0 saturated heterocycles. The third-order valence-corrected chi connectivity index (χ3v) is 11.2. The van der Waals surface area contributed by atoms with Gasteiger partial charge in [-0.3, -0.25) is 0 Å². The minimum Gasteiger partial charge on any atom is -0.367 e. The number of halogens is 3. The highest BCUT2D eigenvalue weighted by Crippen LogP contribution is 2.26. The molecule has 6 nitrogen and oxygen atoms in total. The first-order valence-electron chi connectivity index (χ1n) is 17.3. The topological polar surface area (TPSA) is 49.7 Å². The number of benzene rings is 3. The second-order valence-corrected chi connectivity index (χ2v) is 14.7. The van der Waals surface area contributed by atoms with Crippen molar-refractivity contribution in [1.29, 1.82) is 0 Å². The van der Waals surface area contributed by atoms with Crippen LogP contribution < -0.4 is 9.13 Å². The average Bonchev–Trinajstić information content (AvgIpc) is 3.20. The number of hydrogen-bond acceptors (Lipinski definition) is 4. The van der Waals surface area contributed by atoms with Crippen molar-refractivity contribution in [3.05, 3.63) is 179 Å². The Bertz CT molecular complexity index is 2050. The molecule has 9 heteroatoms. The number of pyridine rings is 2. The Balaban J connectivity index is 1.16. The molecule has 7 rings (SSSR count). The van der Waals surface area contributed by atoms with Crippen LogP contribution in [0.1, 0.15) is 46.1 Å². The Labute approximate surface area is 331 Å². The zero-order valence-electron chi connectivity index (χ0n) is 28.9. The molecular weight excluding hydrogens is 840 g/mol. The first-order valence-corrected chi connectivity index (χ1v) is 20.7. The number of alkyl halides is 3. The molecule has 1 atom stereocenters. The maximum absolute atomic E-state index is 5.05. The summed E-state index contributed by atoms with van der Waals surface area (Å²) < 4.78 is 4.35. The third-order valence-electron chi connectivity index (χ3n) is 9.21. The van der Waals surface area contributed by atoms with Crippen molar-refractivity contribution in [3.8, 4) is 22.8 Å². The van der Waals surface area contributed by atoms with Crippen LogP contribution in [0.2, 0.25) is 0 Å². The van der Waals surface area contributed by atoms with Crippen LogP contribution in [0, 0.1) is 0 Å². The number of rotatable bonds is 12. The van der Waals surface area contributed by atoms with Crippen LogP contribution in [-0.2, 0) is 35.6 Å². The molecule has 1 unspecified atom stereocenters. The summed E-state index contributed by atoms with van der Waals surface area (Å²) in [6.45, 7) is 4.61. The molecule has 1 aliphatic rings. The first kappa shape index (κ1) is 36.1. The largest absolute Gasteiger partial charge is 0.367 e. The van der Waals surface area contributed by atoms with Crippen molar-refractivity contribution < 1.29 is 9.13 Å². The van der Waals surface area contributed by atoms with Gasteiger partial charge in [-0.05, 0) is 35.3 Å². The van der Waals surface area contributed by atoms with E-state index < -0.39 is 0 Å². The third kappa shape index (κ3) is 9.00. The van der Waals surface area contributed by atoms with Gasteiger partial charge in [-0.1, -0.05) is 127 Å². The smallest absolute Gasteiger partial charge is 0.173 e. The molecule has 0 spiro atoms. The SMILES string of the molecule is CC1C=C(c2nc(-c3cc[n+](Cc4ccc(CBr)cc4)cc3)nc(-c3cc[n+](Cc4ccc(CBr)cc4)cc3)n2)C=CN1Cc1ccc(CBr)cc1. The Morgan fingerprint density at radius 2 is 0.904 bits per heavy atom. The van der Waals surface area contributed by atoms with E-state index in [9.17, 15) is 0 Å². The highest BCUT2D eigenvalue weighted by Gasteiger charge is 2.19. The van der Waals surface area contributed by atoms with Crippen molar-refractivity contribution in [2.75, 3.05) is 0 Å². The van der Waals surface area contributed by atoms with Crippen LogP contribution in [-0.4, -0.2) is 25.9 Å². The van der Waals surface area contributed by atoms with Gasteiger partial charge in [0.05, 0.1) is 0 Å². The first-order chi connectivity index (χ1) is 25.5. The van der Waals surface area contributed by atoms with Gasteiger partial charge in [0.25, 0.3) is 0 Å². The van der Waals surface area contributed by atoms with Gasteiger partial charge in [0, 0.05) is 86.9 Å². The summed E-state index contributed by atoms with van der Waals surface area (Å²) in [5, 5.41) is 2.58. The molecular formula is C43H39Br3N6+2. The summed E-state index contributed by atoms with van der Waals surface area (Å²) in [6.07, 6.45) is 14.9. The Morgan fingerprint density at radius 3 is 1.31 bits per heavy atom. The van der Waals surface area contributed by atoms with Gasteiger partial charge >= 0.3 is 0 Å². The van der Waals surface area contributed by atoms with Crippen LogP contribution in [0.5, 0.6) is 0 Å². The highest BCUT2D eigenvalue weighted by molar-refractivity contribution is 9.09. The van der Waals surface area contributed by atoms with Crippen molar-refractivity contribution >= 4 is 53.4 Å². The molecule has 52 heavy (non-hydrogen) atoms. The van der Waals surface area contributed by atoms with E-state index in [1.54, 1.807) is 0 Å². The van der Waals surface area contributed by atoms with Crippen LogP contribution in [0.3, 0.4) is 0 Å². The minimum absolute atomic E-state index is 0.165. The van der Waals surface area contributed by atoms with E-state index in [1.807, 2.05) is 0 Å². The summed E-state index contributed by atoms with van der Waals surface area (Å²) >= 11 is 10.6. The molecule has 0 radical (unpaired) electrons. The standard InChI is InChI=1S/C43H39Br3N6/c1-31-24-40(18-23-52(31)30-37-12-6-34(27-46)7-13-37)43-48-41(38-14-19-50(20-15-38)28-35-8-2-32(25-44)3-9-35)47-42(49-43)39-16-21-51(22-17-39)29-36-10-4-33(26-45)5-11-36/h2-24,31H,25-30H2,1H3/q+2. The van der Waals surface area contributed by atoms with E-state index in [1.165, 1.54) is 33.4 Å². The molecule has 3 aromatic carbocycles. The second kappa shape index (κ2) is 17.0. The van der Waals surface area contributed by atoms with E-state index in [0.717, 1.165) is 52.3 Å². The van der Waals surface area contributed by atoms with Gasteiger partial charge in [0.15, 0.2) is 55.4 Å². The van der Waals surface area contributed by atoms with Gasteiger partial charge in [-0.25, -0.2) is 24.1 Å². The quantitative estimate of drug-likeness (QED) is 0.0909. The van der Waals surface area contributed by atoms with E-state index in [4.69, 9.17) is 15.0 Å². The average molecular weight is 880 g/mol. The minimum atomic E-state index is 0.165. The van der Waals surface area contributed by atoms with E-state index in [-0.39, 0.29) is 6.04 Å². The van der Waals surface area contributed by atoms with Crippen LogP contribution in [0.15, 0.2) is 140 Å². The second-order valence-electron chi connectivity index (χ2n) is 13.0. The van der Waals surface area contributed by atoms with Crippen molar-refractivity contribution in [2.45, 2.75) is 48.6 Å². The monoisotopic (exact) mass is 876 g/mol. The lowest BCUT2D eigenvalue weighted by Crippen LogP contribution is -2.33. The van der Waals surface area contributed by atoms with E-state index in [2.05, 4.69) is 209 Å². The van der Waals surface area contributed by atoms with Crippen LogP contribution in [0.25, 0.3) is 28.3 Å². The molecule has 6 aromatic rings. The Kier molecular flexibility index (Phi) is 11.8. The lowest BCUT2D eigenvalue weighted by atomic mass is 10.1. The predicted molar refractivity (Wildman–Crippen MR) is 219 cm³/mol. The fraction of sp³-hybridized carbons (Fsp3) is 0.186. The van der Waals surface area contributed by atoms with Gasteiger partial charge in [-0.15, -0.1) is 0 Å². The molecule has 4 heterocycles. The molecule has 0 N–H and O–H groups in total. The number of allylic oxidation sites excluding steroid dienone is 2. The zero-order chi connectivity index (χ0) is 35.9. The number of nitrogens with zero attached hydrogens (tertiary/aromatic N) is 6. The number of hydrogen-bond donors (Lipinski definition) is 0. The molecule has 0 saturated carbocycles. The summed E-state index contributed by atoms with van der Waals surface area (Å²) in [7, 11) is 0. The molecule has 260 valence electrons. The summed E-state index contributed by atoms with van der Waals surface area (Å²) in [5.41, 5.74) is 10.5. The van der Waals surface area contributed by atoms with Crippen LogP contribution in [0.4, 0.5) is 0 Å². The van der Waals surface area contributed by atoms with E-state index in [0.29, 0.717) is 17.5 Å². The molecule has 0 bridgehead atoms. The number of aromatic nitrogens is 5. The fourth-order valence-electron chi connectivity index (χ4n) is 6.09. The van der Waals surface area contributed by atoms with Gasteiger partial charge in [0.1, 0.15) is 0 Å². The Hall–Kier alpha value is -4.31. The van der Waals surface area contributed by atoms with Gasteiger partial charge in [0.2, 0.25) is 0 Å². The Morgan fingerprint density at radius 1 is 0.519 bits per heavy atom. The maximum atomic E-state index is 5.05. The fourth-order valence-corrected chi connectivity index (χ4v) is 7.21.